The lowest BCUT2D eigenvalue weighted by Gasteiger charge is -2.13. The quantitative estimate of drug-likeness (QED) is 0.878. The minimum Gasteiger partial charge on any atom is -0.373 e. The zero-order valence-electron chi connectivity index (χ0n) is 12.2. The predicted molar refractivity (Wildman–Crippen MR) is 83.1 cm³/mol. The summed E-state index contributed by atoms with van der Waals surface area (Å²) in [5, 5.41) is 8.07. The van der Waals surface area contributed by atoms with E-state index in [1.165, 1.54) is 0 Å². The Morgan fingerprint density at radius 1 is 1.35 bits per heavy atom. The van der Waals surface area contributed by atoms with Crippen molar-refractivity contribution in [2.24, 2.45) is 0 Å². The Labute approximate surface area is 119 Å². The van der Waals surface area contributed by atoms with Crippen LogP contribution in [0.15, 0.2) is 30.3 Å². The number of aromatic nitrogens is 1. The third-order valence-corrected chi connectivity index (χ3v) is 3.31. The first-order valence-corrected chi connectivity index (χ1v) is 7.04. The lowest BCUT2D eigenvalue weighted by atomic mass is 10.1. The summed E-state index contributed by atoms with van der Waals surface area (Å²) in [7, 11) is 1.82. The van der Waals surface area contributed by atoms with Crippen molar-refractivity contribution in [3.05, 3.63) is 36.0 Å². The van der Waals surface area contributed by atoms with Gasteiger partial charge >= 0.3 is 0 Å². The molecule has 2 rings (SSSR count). The molecule has 1 unspecified atom stereocenters. The Balaban J connectivity index is 2.32. The maximum absolute atomic E-state index is 12.2. The van der Waals surface area contributed by atoms with E-state index in [0.29, 0.717) is 5.69 Å². The van der Waals surface area contributed by atoms with Crippen LogP contribution in [0.4, 0.5) is 5.82 Å². The zero-order chi connectivity index (χ0) is 14.5. The van der Waals surface area contributed by atoms with E-state index in [-0.39, 0.29) is 11.9 Å². The average molecular weight is 271 g/mol. The number of hydrogen-bond acceptors (Lipinski definition) is 3. The number of pyridine rings is 1. The van der Waals surface area contributed by atoms with E-state index in [4.69, 9.17) is 0 Å². The number of anilines is 1. The topological polar surface area (TPSA) is 54.0 Å². The minimum absolute atomic E-state index is 0.117. The standard InChI is InChI=1S/C16H21N3O/c1-4-7-11(2)18-16(20)14-10-12-8-5-6-9-13(12)15(17-3)19-14/h5-6,8-11H,4,7H2,1-3H3,(H,17,19)(H,18,20). The van der Waals surface area contributed by atoms with E-state index in [2.05, 4.69) is 22.5 Å². The Morgan fingerprint density at radius 3 is 2.80 bits per heavy atom. The fraction of sp³-hybridized carbons (Fsp3) is 0.375. The van der Waals surface area contributed by atoms with Crippen molar-refractivity contribution in [2.75, 3.05) is 12.4 Å². The summed E-state index contributed by atoms with van der Waals surface area (Å²) < 4.78 is 0. The van der Waals surface area contributed by atoms with Crippen LogP contribution in [0.1, 0.15) is 37.2 Å². The van der Waals surface area contributed by atoms with E-state index in [9.17, 15) is 4.79 Å². The van der Waals surface area contributed by atoms with E-state index in [1.54, 1.807) is 0 Å². The zero-order valence-corrected chi connectivity index (χ0v) is 12.2. The Kier molecular flexibility index (Phi) is 4.56. The second kappa shape index (κ2) is 6.37. The van der Waals surface area contributed by atoms with Gasteiger partial charge in [0.1, 0.15) is 11.5 Å². The van der Waals surface area contributed by atoms with Crippen LogP contribution in [-0.2, 0) is 0 Å². The summed E-state index contributed by atoms with van der Waals surface area (Å²) in [6, 6.07) is 9.92. The molecule has 2 aromatic rings. The van der Waals surface area contributed by atoms with Crippen LogP contribution in [0.25, 0.3) is 10.8 Å². The fourth-order valence-electron chi connectivity index (χ4n) is 2.31. The van der Waals surface area contributed by atoms with Crippen LogP contribution in [0.5, 0.6) is 0 Å². The first-order valence-electron chi connectivity index (χ1n) is 7.04. The van der Waals surface area contributed by atoms with Crippen molar-refractivity contribution >= 4 is 22.5 Å². The molecule has 0 spiro atoms. The van der Waals surface area contributed by atoms with Gasteiger partial charge in [-0.3, -0.25) is 4.79 Å². The molecular formula is C16H21N3O. The van der Waals surface area contributed by atoms with Gasteiger partial charge in [0.25, 0.3) is 5.91 Å². The number of hydrogen-bond donors (Lipinski definition) is 2. The van der Waals surface area contributed by atoms with Crippen molar-refractivity contribution < 1.29 is 4.79 Å². The number of benzene rings is 1. The summed E-state index contributed by atoms with van der Waals surface area (Å²) in [6.07, 6.45) is 2.02. The van der Waals surface area contributed by atoms with Crippen molar-refractivity contribution in [1.82, 2.24) is 10.3 Å². The van der Waals surface area contributed by atoms with Gasteiger partial charge in [-0.15, -0.1) is 0 Å². The lowest BCUT2D eigenvalue weighted by Crippen LogP contribution is -2.33. The Bertz CT molecular complexity index is 610. The molecule has 0 saturated heterocycles. The number of amides is 1. The van der Waals surface area contributed by atoms with Gasteiger partial charge in [0.15, 0.2) is 0 Å². The van der Waals surface area contributed by atoms with Gasteiger partial charge in [0.05, 0.1) is 0 Å². The third-order valence-electron chi connectivity index (χ3n) is 3.31. The first kappa shape index (κ1) is 14.3. The van der Waals surface area contributed by atoms with Gasteiger partial charge < -0.3 is 10.6 Å². The summed E-state index contributed by atoms with van der Waals surface area (Å²) >= 11 is 0. The second-order valence-corrected chi connectivity index (χ2v) is 4.99. The number of nitrogens with zero attached hydrogens (tertiary/aromatic N) is 1. The van der Waals surface area contributed by atoms with Gasteiger partial charge in [-0.2, -0.15) is 0 Å². The third kappa shape index (κ3) is 3.07. The van der Waals surface area contributed by atoms with E-state index >= 15 is 0 Å². The van der Waals surface area contributed by atoms with Crippen LogP contribution in [-0.4, -0.2) is 24.0 Å². The maximum Gasteiger partial charge on any atom is 0.270 e. The molecular weight excluding hydrogens is 250 g/mol. The molecule has 4 nitrogen and oxygen atoms in total. The van der Waals surface area contributed by atoms with E-state index in [0.717, 1.165) is 29.4 Å². The lowest BCUT2D eigenvalue weighted by molar-refractivity contribution is 0.0933. The van der Waals surface area contributed by atoms with Gasteiger partial charge in [0, 0.05) is 18.5 Å². The molecule has 0 aliphatic heterocycles. The minimum atomic E-state index is -0.117. The highest BCUT2D eigenvalue weighted by atomic mass is 16.1. The molecule has 2 N–H and O–H groups in total. The molecule has 20 heavy (non-hydrogen) atoms. The molecule has 1 amide bonds. The smallest absolute Gasteiger partial charge is 0.270 e. The summed E-state index contributed by atoms with van der Waals surface area (Å²) in [5.74, 6) is 0.615. The van der Waals surface area contributed by atoms with Crippen LogP contribution in [0.3, 0.4) is 0 Å². The number of fused-ring (bicyclic) bond motifs is 1. The van der Waals surface area contributed by atoms with E-state index in [1.807, 2.05) is 44.3 Å². The molecule has 1 aromatic carbocycles. The fourth-order valence-corrected chi connectivity index (χ4v) is 2.31. The Hall–Kier alpha value is -2.10. The predicted octanol–water partition coefficient (Wildman–Crippen LogP) is 3.19. The number of carbonyl (C=O) groups is 1. The molecule has 1 heterocycles. The Morgan fingerprint density at radius 2 is 2.10 bits per heavy atom. The highest BCUT2D eigenvalue weighted by Crippen LogP contribution is 2.22. The molecule has 0 aliphatic carbocycles. The van der Waals surface area contributed by atoms with Crippen molar-refractivity contribution in [3.63, 3.8) is 0 Å². The van der Waals surface area contributed by atoms with Crippen LogP contribution in [0, 0.1) is 0 Å². The van der Waals surface area contributed by atoms with Gasteiger partial charge in [0.2, 0.25) is 0 Å². The molecule has 0 aliphatic rings. The molecule has 106 valence electrons. The molecule has 0 fully saturated rings. The first-order chi connectivity index (χ1) is 9.65. The summed E-state index contributed by atoms with van der Waals surface area (Å²) in [5.41, 5.74) is 0.455. The molecule has 4 heteroatoms. The molecule has 1 atom stereocenters. The maximum atomic E-state index is 12.2. The molecule has 1 aromatic heterocycles. The van der Waals surface area contributed by atoms with Crippen LogP contribution >= 0.6 is 0 Å². The monoisotopic (exact) mass is 271 g/mol. The average Bonchev–Trinajstić information content (AvgIpc) is 2.46. The SMILES string of the molecule is CCCC(C)NC(=O)c1cc2ccccc2c(NC)n1. The molecule has 0 bridgehead atoms. The summed E-state index contributed by atoms with van der Waals surface area (Å²) in [6.45, 7) is 4.12. The van der Waals surface area contributed by atoms with Gasteiger partial charge in [-0.1, -0.05) is 37.6 Å². The largest absolute Gasteiger partial charge is 0.373 e. The highest BCUT2D eigenvalue weighted by molar-refractivity contribution is 6.00. The van der Waals surface area contributed by atoms with Gasteiger partial charge in [-0.25, -0.2) is 4.98 Å². The number of nitrogens with one attached hydrogen (secondary N) is 2. The van der Waals surface area contributed by atoms with Crippen molar-refractivity contribution in [2.45, 2.75) is 32.7 Å². The van der Waals surface area contributed by atoms with E-state index < -0.39 is 0 Å². The van der Waals surface area contributed by atoms with Crippen molar-refractivity contribution in [3.8, 4) is 0 Å². The highest BCUT2D eigenvalue weighted by Gasteiger charge is 2.13. The van der Waals surface area contributed by atoms with Crippen molar-refractivity contribution in [1.29, 1.82) is 0 Å². The van der Waals surface area contributed by atoms with Crippen LogP contribution < -0.4 is 10.6 Å². The number of rotatable bonds is 5. The van der Waals surface area contributed by atoms with Gasteiger partial charge in [-0.05, 0) is 24.8 Å². The molecule has 0 saturated carbocycles. The second-order valence-electron chi connectivity index (χ2n) is 4.99. The summed E-state index contributed by atoms with van der Waals surface area (Å²) in [4.78, 5) is 16.6. The number of carbonyl (C=O) groups excluding carboxylic acids is 1. The normalized spacial score (nSPS) is 12.2. The molecule has 0 radical (unpaired) electrons. The van der Waals surface area contributed by atoms with Crippen LogP contribution in [0.2, 0.25) is 0 Å².